The molecule has 1 fully saturated rings. The van der Waals surface area contributed by atoms with Gasteiger partial charge in [0.05, 0.1) is 12.1 Å². The molecule has 0 unspecified atom stereocenters. The molecule has 1 aliphatic rings. The van der Waals surface area contributed by atoms with Gasteiger partial charge in [0.2, 0.25) is 5.91 Å². The summed E-state index contributed by atoms with van der Waals surface area (Å²) in [6.07, 6.45) is 7.36. The van der Waals surface area contributed by atoms with Crippen molar-refractivity contribution in [1.29, 1.82) is 0 Å². The minimum atomic E-state index is -0.691. The van der Waals surface area contributed by atoms with Crippen molar-refractivity contribution >= 4 is 5.91 Å². The largest absolute Gasteiger partial charge is 0.350 e. The molecule has 144 valence electrons. The van der Waals surface area contributed by atoms with Crippen LogP contribution in [0.5, 0.6) is 0 Å². The Kier molecular flexibility index (Phi) is 5.26. The molecule has 2 aromatic carbocycles. The fourth-order valence-electron chi connectivity index (χ4n) is 3.91. The summed E-state index contributed by atoms with van der Waals surface area (Å²) < 4.78 is 1.91. The molecule has 0 atom stereocenters. The van der Waals surface area contributed by atoms with E-state index in [0.717, 1.165) is 48.9 Å². The average Bonchev–Trinajstić information content (AvgIpc) is 3.39. The standard InChI is InChI=1S/C23H26N4O/c24-23(12-3-4-13-23)22(28)25-16-20-6-1-2-7-21(20)19-10-8-18(9-11-19)17-27-15-5-14-26-27/h1-2,5-11,14-15H,3-4,12-13,16-17,24H2,(H,25,28). The number of benzene rings is 2. The summed E-state index contributed by atoms with van der Waals surface area (Å²) >= 11 is 0. The molecule has 0 saturated heterocycles. The number of carbonyl (C=O) groups excluding carboxylic acids is 1. The maximum absolute atomic E-state index is 12.5. The highest BCUT2D eigenvalue weighted by Crippen LogP contribution is 2.28. The molecule has 1 heterocycles. The van der Waals surface area contributed by atoms with Crippen LogP contribution in [0.4, 0.5) is 0 Å². The minimum Gasteiger partial charge on any atom is -0.350 e. The van der Waals surface area contributed by atoms with Gasteiger partial charge >= 0.3 is 0 Å². The Balaban J connectivity index is 1.47. The van der Waals surface area contributed by atoms with Crippen LogP contribution >= 0.6 is 0 Å². The van der Waals surface area contributed by atoms with Crippen LogP contribution in [0.1, 0.15) is 36.8 Å². The number of nitrogens with two attached hydrogens (primary N) is 1. The van der Waals surface area contributed by atoms with Crippen molar-refractivity contribution in [2.45, 2.75) is 44.3 Å². The van der Waals surface area contributed by atoms with E-state index in [1.807, 2.05) is 29.1 Å². The van der Waals surface area contributed by atoms with Gasteiger partial charge in [-0.15, -0.1) is 0 Å². The third-order valence-electron chi connectivity index (χ3n) is 5.57. The number of hydrogen-bond donors (Lipinski definition) is 2. The lowest BCUT2D eigenvalue weighted by Gasteiger charge is -2.22. The number of carbonyl (C=O) groups is 1. The SMILES string of the molecule is NC1(C(=O)NCc2ccccc2-c2ccc(Cn3cccn3)cc2)CCCC1. The van der Waals surface area contributed by atoms with Gasteiger partial charge < -0.3 is 11.1 Å². The van der Waals surface area contributed by atoms with Crippen LogP contribution in [-0.4, -0.2) is 21.2 Å². The average molecular weight is 374 g/mol. The zero-order chi connectivity index (χ0) is 19.4. The van der Waals surface area contributed by atoms with E-state index in [1.54, 1.807) is 6.20 Å². The van der Waals surface area contributed by atoms with Gasteiger partial charge in [-0.3, -0.25) is 9.48 Å². The van der Waals surface area contributed by atoms with Gasteiger partial charge in [-0.05, 0) is 41.2 Å². The topological polar surface area (TPSA) is 72.9 Å². The highest BCUT2D eigenvalue weighted by atomic mass is 16.2. The Bertz CT molecular complexity index is 926. The minimum absolute atomic E-state index is 0.0330. The molecule has 5 heteroatoms. The zero-order valence-electron chi connectivity index (χ0n) is 16.0. The van der Waals surface area contributed by atoms with E-state index in [9.17, 15) is 4.79 Å². The van der Waals surface area contributed by atoms with Gasteiger partial charge in [0.25, 0.3) is 0 Å². The summed E-state index contributed by atoms with van der Waals surface area (Å²) in [5, 5.41) is 7.31. The molecule has 3 aromatic rings. The van der Waals surface area contributed by atoms with E-state index in [2.05, 4.69) is 46.8 Å². The van der Waals surface area contributed by atoms with Crippen molar-refractivity contribution in [3.05, 3.63) is 78.1 Å². The van der Waals surface area contributed by atoms with Gasteiger partial charge in [0.1, 0.15) is 0 Å². The molecular weight excluding hydrogens is 348 g/mol. The van der Waals surface area contributed by atoms with Crippen molar-refractivity contribution in [2.75, 3.05) is 0 Å². The van der Waals surface area contributed by atoms with Gasteiger partial charge in [-0.1, -0.05) is 61.4 Å². The number of nitrogens with one attached hydrogen (secondary N) is 1. The molecule has 3 N–H and O–H groups in total. The smallest absolute Gasteiger partial charge is 0.240 e. The third-order valence-corrected chi connectivity index (χ3v) is 5.57. The predicted octanol–water partition coefficient (Wildman–Crippen LogP) is 3.49. The fraction of sp³-hybridized carbons (Fsp3) is 0.304. The van der Waals surface area contributed by atoms with Crippen molar-refractivity contribution in [2.24, 2.45) is 5.73 Å². The second kappa shape index (κ2) is 7.98. The molecule has 1 saturated carbocycles. The normalized spacial score (nSPS) is 15.5. The number of rotatable bonds is 6. The highest BCUT2D eigenvalue weighted by molar-refractivity contribution is 5.86. The monoisotopic (exact) mass is 374 g/mol. The summed E-state index contributed by atoms with van der Waals surface area (Å²) in [7, 11) is 0. The number of amides is 1. The van der Waals surface area contributed by atoms with Crippen LogP contribution in [0.25, 0.3) is 11.1 Å². The first-order chi connectivity index (χ1) is 13.6. The Labute approximate surface area is 165 Å². The first kappa shape index (κ1) is 18.4. The van der Waals surface area contributed by atoms with E-state index in [0.29, 0.717) is 6.54 Å². The Hall–Kier alpha value is -2.92. The van der Waals surface area contributed by atoms with E-state index in [-0.39, 0.29) is 5.91 Å². The van der Waals surface area contributed by atoms with Gasteiger partial charge in [0, 0.05) is 18.9 Å². The molecule has 0 spiro atoms. The summed E-state index contributed by atoms with van der Waals surface area (Å²) in [5.74, 6) is -0.0330. The van der Waals surface area contributed by atoms with Crippen LogP contribution in [0.15, 0.2) is 67.0 Å². The second-order valence-corrected chi connectivity index (χ2v) is 7.60. The molecular formula is C23H26N4O. The number of aromatic nitrogens is 2. The molecule has 1 aromatic heterocycles. The molecule has 0 radical (unpaired) electrons. The summed E-state index contributed by atoms with van der Waals surface area (Å²) in [5.41, 5.74) is 10.1. The van der Waals surface area contributed by atoms with Crippen LogP contribution in [0, 0.1) is 0 Å². The van der Waals surface area contributed by atoms with Crippen molar-refractivity contribution in [1.82, 2.24) is 15.1 Å². The lowest BCUT2D eigenvalue weighted by molar-refractivity contribution is -0.126. The molecule has 28 heavy (non-hydrogen) atoms. The predicted molar refractivity (Wildman–Crippen MR) is 110 cm³/mol. The van der Waals surface area contributed by atoms with Crippen LogP contribution < -0.4 is 11.1 Å². The Morgan fingerprint density at radius 3 is 2.54 bits per heavy atom. The highest BCUT2D eigenvalue weighted by Gasteiger charge is 2.36. The third kappa shape index (κ3) is 3.99. The zero-order valence-corrected chi connectivity index (χ0v) is 16.0. The number of nitrogens with zero attached hydrogens (tertiary/aromatic N) is 2. The molecule has 5 nitrogen and oxygen atoms in total. The molecule has 1 aliphatic carbocycles. The maximum Gasteiger partial charge on any atom is 0.240 e. The van der Waals surface area contributed by atoms with Gasteiger partial charge in [-0.25, -0.2) is 0 Å². The van der Waals surface area contributed by atoms with E-state index in [1.165, 1.54) is 5.56 Å². The lowest BCUT2D eigenvalue weighted by Crippen LogP contribution is -2.51. The van der Waals surface area contributed by atoms with Crippen LogP contribution in [0.2, 0.25) is 0 Å². The van der Waals surface area contributed by atoms with Crippen molar-refractivity contribution < 1.29 is 4.79 Å². The van der Waals surface area contributed by atoms with Gasteiger partial charge in [-0.2, -0.15) is 5.10 Å². The lowest BCUT2D eigenvalue weighted by atomic mass is 9.96. The molecule has 1 amide bonds. The first-order valence-electron chi connectivity index (χ1n) is 9.86. The Morgan fingerprint density at radius 1 is 1.07 bits per heavy atom. The summed E-state index contributed by atoms with van der Waals surface area (Å²) in [4.78, 5) is 12.5. The second-order valence-electron chi connectivity index (χ2n) is 7.60. The summed E-state index contributed by atoms with van der Waals surface area (Å²) in [6.45, 7) is 1.24. The first-order valence-corrected chi connectivity index (χ1v) is 9.86. The van der Waals surface area contributed by atoms with E-state index >= 15 is 0 Å². The maximum atomic E-state index is 12.5. The van der Waals surface area contributed by atoms with Crippen LogP contribution in [-0.2, 0) is 17.9 Å². The molecule has 0 bridgehead atoms. The Morgan fingerprint density at radius 2 is 1.82 bits per heavy atom. The molecule has 4 rings (SSSR count). The van der Waals surface area contributed by atoms with Crippen molar-refractivity contribution in [3.8, 4) is 11.1 Å². The van der Waals surface area contributed by atoms with E-state index < -0.39 is 5.54 Å². The molecule has 0 aliphatic heterocycles. The van der Waals surface area contributed by atoms with Crippen LogP contribution in [0.3, 0.4) is 0 Å². The summed E-state index contributed by atoms with van der Waals surface area (Å²) in [6, 6.07) is 18.6. The van der Waals surface area contributed by atoms with E-state index in [4.69, 9.17) is 5.73 Å². The number of hydrogen-bond acceptors (Lipinski definition) is 3. The quantitative estimate of drug-likeness (QED) is 0.694. The van der Waals surface area contributed by atoms with Gasteiger partial charge in [0.15, 0.2) is 0 Å². The van der Waals surface area contributed by atoms with Crippen molar-refractivity contribution in [3.63, 3.8) is 0 Å². The fourth-order valence-corrected chi connectivity index (χ4v) is 3.91.